The van der Waals surface area contributed by atoms with Gasteiger partial charge in [-0.1, -0.05) is 24.3 Å². The summed E-state index contributed by atoms with van der Waals surface area (Å²) in [6.45, 7) is 3.49. The first-order valence-electron chi connectivity index (χ1n) is 11.8. The molecule has 0 saturated carbocycles. The lowest BCUT2D eigenvalue weighted by molar-refractivity contribution is 0.0729. The van der Waals surface area contributed by atoms with Gasteiger partial charge in [-0.3, -0.25) is 4.79 Å². The number of para-hydroxylation sites is 1. The molecule has 0 bridgehead atoms. The van der Waals surface area contributed by atoms with Crippen LogP contribution in [0.15, 0.2) is 48.5 Å². The zero-order valence-electron chi connectivity index (χ0n) is 19.9. The molecule has 0 radical (unpaired) electrons. The summed E-state index contributed by atoms with van der Waals surface area (Å²) >= 11 is 0. The van der Waals surface area contributed by atoms with Crippen LogP contribution in [-0.4, -0.2) is 67.6 Å². The number of hydrogen-bond acceptors (Lipinski definition) is 6. The van der Waals surface area contributed by atoms with Gasteiger partial charge in [-0.2, -0.15) is 4.98 Å². The summed E-state index contributed by atoms with van der Waals surface area (Å²) in [5.41, 5.74) is 2.49. The van der Waals surface area contributed by atoms with E-state index in [1.54, 1.807) is 29.2 Å². The molecule has 2 aromatic carbocycles. The van der Waals surface area contributed by atoms with Gasteiger partial charge in [-0.05, 0) is 24.3 Å². The third-order valence-electron chi connectivity index (χ3n) is 6.60. The Bertz CT molecular complexity index is 1240. The van der Waals surface area contributed by atoms with E-state index >= 15 is 0 Å². The van der Waals surface area contributed by atoms with Crippen LogP contribution >= 0.6 is 0 Å². The average Bonchev–Trinajstić information content (AvgIpc) is 2.88. The number of nitrogens with zero attached hydrogens (tertiary/aromatic N) is 6. The van der Waals surface area contributed by atoms with Crippen molar-refractivity contribution in [3.8, 4) is 0 Å². The second kappa shape index (κ2) is 9.48. The average molecular weight is 479 g/mol. The number of hydrogen-bond donors (Lipinski definition) is 0. The molecule has 2 aliphatic rings. The number of piperazine rings is 1. The zero-order valence-corrected chi connectivity index (χ0v) is 19.9. The maximum atomic E-state index is 14.2. The molecule has 0 N–H and O–H groups in total. The van der Waals surface area contributed by atoms with E-state index < -0.39 is 5.82 Å². The lowest BCUT2D eigenvalue weighted by atomic mass is 10.0. The molecule has 9 heteroatoms. The highest BCUT2D eigenvalue weighted by molar-refractivity contribution is 5.94. The normalized spacial score (nSPS) is 15.7. The minimum absolute atomic E-state index is 0.0765. The Hall–Kier alpha value is -3.75. The predicted molar refractivity (Wildman–Crippen MR) is 132 cm³/mol. The molecule has 0 unspecified atom stereocenters. The fourth-order valence-electron chi connectivity index (χ4n) is 4.73. The molecule has 1 amide bonds. The van der Waals surface area contributed by atoms with Gasteiger partial charge in [0, 0.05) is 58.8 Å². The second-order valence-corrected chi connectivity index (χ2v) is 9.05. The number of anilines is 3. The standard InChI is InChI=1S/C26H28F2N6O/c1-31(2)24-19-17-34(25(35)18-7-3-4-8-20(18)27)12-11-22(19)29-26(30-24)33-15-13-32(14-16-33)23-10-6-5-9-21(23)28/h3-10H,11-17H2,1-2H3. The van der Waals surface area contributed by atoms with Crippen molar-refractivity contribution in [1.82, 2.24) is 14.9 Å². The molecule has 0 spiro atoms. The van der Waals surface area contributed by atoms with Crippen LogP contribution in [0.5, 0.6) is 0 Å². The van der Waals surface area contributed by atoms with Gasteiger partial charge in [0.1, 0.15) is 17.5 Å². The van der Waals surface area contributed by atoms with E-state index in [-0.39, 0.29) is 17.3 Å². The van der Waals surface area contributed by atoms with Crippen molar-refractivity contribution in [2.24, 2.45) is 0 Å². The summed E-state index contributed by atoms with van der Waals surface area (Å²) in [6.07, 6.45) is 0.571. The minimum atomic E-state index is -0.516. The van der Waals surface area contributed by atoms with Gasteiger partial charge in [0.25, 0.3) is 5.91 Å². The smallest absolute Gasteiger partial charge is 0.257 e. The third kappa shape index (κ3) is 4.50. The van der Waals surface area contributed by atoms with Crippen molar-refractivity contribution >= 4 is 23.4 Å². The highest BCUT2D eigenvalue weighted by Gasteiger charge is 2.29. The van der Waals surface area contributed by atoms with Crippen molar-refractivity contribution in [1.29, 1.82) is 0 Å². The van der Waals surface area contributed by atoms with Crippen molar-refractivity contribution in [2.45, 2.75) is 13.0 Å². The molecule has 1 aromatic heterocycles. The number of amides is 1. The van der Waals surface area contributed by atoms with Crippen LogP contribution < -0.4 is 14.7 Å². The van der Waals surface area contributed by atoms with Crippen molar-refractivity contribution in [3.05, 3.63) is 77.0 Å². The Morgan fingerprint density at radius 1 is 0.857 bits per heavy atom. The van der Waals surface area contributed by atoms with Crippen molar-refractivity contribution < 1.29 is 13.6 Å². The van der Waals surface area contributed by atoms with Gasteiger partial charge in [-0.25, -0.2) is 13.8 Å². The van der Waals surface area contributed by atoms with Crippen LogP contribution in [0, 0.1) is 11.6 Å². The summed E-state index contributed by atoms with van der Waals surface area (Å²) in [6, 6.07) is 12.9. The van der Waals surface area contributed by atoms with Gasteiger partial charge >= 0.3 is 0 Å². The zero-order chi connectivity index (χ0) is 24.5. The van der Waals surface area contributed by atoms with E-state index in [1.807, 2.05) is 30.0 Å². The Labute approximate surface area is 203 Å². The van der Waals surface area contributed by atoms with Crippen LogP contribution in [0.3, 0.4) is 0 Å². The lowest BCUT2D eigenvalue weighted by Crippen LogP contribution is -2.47. The highest BCUT2D eigenvalue weighted by Crippen LogP contribution is 2.30. The molecule has 35 heavy (non-hydrogen) atoms. The van der Waals surface area contributed by atoms with Crippen molar-refractivity contribution in [3.63, 3.8) is 0 Å². The molecule has 1 fully saturated rings. The van der Waals surface area contributed by atoms with Gasteiger partial charge < -0.3 is 19.6 Å². The fraction of sp³-hybridized carbons (Fsp3) is 0.346. The highest BCUT2D eigenvalue weighted by atomic mass is 19.1. The van der Waals surface area contributed by atoms with E-state index in [9.17, 15) is 13.6 Å². The first kappa shape index (κ1) is 23.0. The number of halogens is 2. The molecule has 2 aliphatic heterocycles. The van der Waals surface area contributed by atoms with E-state index in [0.717, 1.165) is 17.1 Å². The maximum absolute atomic E-state index is 14.2. The monoisotopic (exact) mass is 478 g/mol. The summed E-state index contributed by atoms with van der Waals surface area (Å²) in [7, 11) is 3.83. The van der Waals surface area contributed by atoms with Gasteiger partial charge in [0.2, 0.25) is 5.95 Å². The van der Waals surface area contributed by atoms with Crippen LogP contribution in [0.1, 0.15) is 21.6 Å². The number of rotatable bonds is 4. The molecular weight excluding hydrogens is 450 g/mol. The lowest BCUT2D eigenvalue weighted by Gasteiger charge is -2.37. The third-order valence-corrected chi connectivity index (χ3v) is 6.60. The number of carbonyl (C=O) groups is 1. The SMILES string of the molecule is CN(C)c1nc(N2CCN(c3ccccc3F)CC2)nc2c1CN(C(=O)c1ccccc1F)CC2. The second-order valence-electron chi connectivity index (χ2n) is 9.05. The number of benzene rings is 2. The predicted octanol–water partition coefficient (Wildman–Crippen LogP) is 3.35. The summed E-state index contributed by atoms with van der Waals surface area (Å²) < 4.78 is 28.4. The number of fused-ring (bicyclic) bond motifs is 1. The van der Waals surface area contributed by atoms with Gasteiger partial charge in [0.15, 0.2) is 0 Å². The maximum Gasteiger partial charge on any atom is 0.257 e. The summed E-state index contributed by atoms with van der Waals surface area (Å²) in [4.78, 5) is 30.5. The summed E-state index contributed by atoms with van der Waals surface area (Å²) in [5.74, 6) is 0.349. The number of aromatic nitrogens is 2. The molecule has 182 valence electrons. The van der Waals surface area contributed by atoms with E-state index in [2.05, 4.69) is 4.90 Å². The van der Waals surface area contributed by atoms with Crippen LogP contribution in [0.25, 0.3) is 0 Å². The Balaban J connectivity index is 1.36. The first-order valence-corrected chi connectivity index (χ1v) is 11.8. The van der Waals surface area contributed by atoms with Crippen LogP contribution in [-0.2, 0) is 13.0 Å². The van der Waals surface area contributed by atoms with E-state index in [1.165, 1.54) is 18.2 Å². The minimum Gasteiger partial charge on any atom is -0.366 e. The Kier molecular flexibility index (Phi) is 6.23. The van der Waals surface area contributed by atoms with E-state index in [0.29, 0.717) is 57.3 Å². The molecule has 3 heterocycles. The van der Waals surface area contributed by atoms with E-state index in [4.69, 9.17) is 9.97 Å². The van der Waals surface area contributed by atoms with Crippen LogP contribution in [0.2, 0.25) is 0 Å². The van der Waals surface area contributed by atoms with Gasteiger partial charge in [-0.15, -0.1) is 0 Å². The molecule has 0 atom stereocenters. The molecule has 3 aromatic rings. The molecular formula is C26H28F2N6O. The molecule has 7 nitrogen and oxygen atoms in total. The molecule has 1 saturated heterocycles. The summed E-state index contributed by atoms with van der Waals surface area (Å²) in [5, 5.41) is 0. The van der Waals surface area contributed by atoms with Crippen molar-refractivity contribution in [2.75, 3.05) is 61.5 Å². The van der Waals surface area contributed by atoms with Gasteiger partial charge in [0.05, 0.1) is 23.5 Å². The topological polar surface area (TPSA) is 55.8 Å². The number of carbonyl (C=O) groups excluding carboxylic acids is 1. The quantitative estimate of drug-likeness (QED) is 0.574. The first-order chi connectivity index (χ1) is 16.9. The molecule has 5 rings (SSSR count). The fourth-order valence-corrected chi connectivity index (χ4v) is 4.73. The van der Waals surface area contributed by atoms with Crippen LogP contribution in [0.4, 0.5) is 26.2 Å². The Morgan fingerprint density at radius 3 is 2.20 bits per heavy atom. The molecule has 0 aliphatic carbocycles. The largest absolute Gasteiger partial charge is 0.366 e. The Morgan fingerprint density at radius 2 is 1.51 bits per heavy atom.